The number of carbonyl (C=O) groups excluding carboxylic acids is 2. The molecule has 2 atom stereocenters. The van der Waals surface area contributed by atoms with E-state index in [2.05, 4.69) is 10.6 Å². The van der Waals surface area contributed by atoms with Crippen LogP contribution in [0.3, 0.4) is 0 Å². The van der Waals surface area contributed by atoms with E-state index >= 15 is 0 Å². The Hall–Kier alpha value is -4.33. The molecule has 3 aromatic carbocycles. The minimum absolute atomic E-state index is 0.0683. The minimum Gasteiger partial charge on any atom is -0.508 e. The maximum atomic E-state index is 12.8. The number of benzene rings is 3. The fourth-order valence-electron chi connectivity index (χ4n) is 4.24. The SMILES string of the molecule is C[C@@H](NC(=O)[C@H](Cc1ccc(O)cc1)NC(=O)OCC1c2ccccc2-c2ccccc21)C(=O)O. The molecule has 0 fully saturated rings. The molecule has 8 heteroatoms. The third kappa shape index (κ3) is 5.43. The van der Waals surface area contributed by atoms with Crippen LogP contribution in [0.1, 0.15) is 29.5 Å². The monoisotopic (exact) mass is 474 g/mol. The van der Waals surface area contributed by atoms with Crippen LogP contribution in [0.25, 0.3) is 11.1 Å². The number of carboxylic acid groups (broad SMARTS) is 1. The average Bonchev–Trinajstić information content (AvgIpc) is 3.17. The molecule has 1 aliphatic carbocycles. The molecule has 35 heavy (non-hydrogen) atoms. The Morgan fingerprint density at radius 2 is 1.46 bits per heavy atom. The molecule has 2 amide bonds. The topological polar surface area (TPSA) is 125 Å². The highest BCUT2D eigenvalue weighted by molar-refractivity contribution is 5.89. The fourth-order valence-corrected chi connectivity index (χ4v) is 4.24. The second-order valence-electron chi connectivity index (χ2n) is 8.46. The van der Waals surface area contributed by atoms with Crippen LogP contribution >= 0.6 is 0 Å². The number of ether oxygens (including phenoxy) is 1. The number of hydrogen-bond acceptors (Lipinski definition) is 5. The summed E-state index contributed by atoms with van der Waals surface area (Å²) in [6, 6.07) is 19.9. The first-order chi connectivity index (χ1) is 16.8. The number of alkyl carbamates (subject to hydrolysis) is 1. The molecular weight excluding hydrogens is 448 g/mol. The van der Waals surface area contributed by atoms with Gasteiger partial charge in [0.15, 0.2) is 0 Å². The molecule has 0 heterocycles. The molecule has 0 bridgehead atoms. The number of carboxylic acids is 1. The lowest BCUT2D eigenvalue weighted by Crippen LogP contribution is -2.51. The maximum Gasteiger partial charge on any atom is 0.407 e. The van der Waals surface area contributed by atoms with Gasteiger partial charge < -0.3 is 25.6 Å². The van der Waals surface area contributed by atoms with E-state index in [1.54, 1.807) is 12.1 Å². The highest BCUT2D eigenvalue weighted by Crippen LogP contribution is 2.44. The van der Waals surface area contributed by atoms with Crippen LogP contribution in [0.2, 0.25) is 0 Å². The van der Waals surface area contributed by atoms with Crippen molar-refractivity contribution in [3.8, 4) is 16.9 Å². The van der Waals surface area contributed by atoms with Crippen molar-refractivity contribution < 1.29 is 29.3 Å². The first-order valence-electron chi connectivity index (χ1n) is 11.3. The summed E-state index contributed by atoms with van der Waals surface area (Å²) in [6.07, 6.45) is -0.698. The van der Waals surface area contributed by atoms with Crippen molar-refractivity contribution in [1.29, 1.82) is 0 Å². The zero-order valence-electron chi connectivity index (χ0n) is 19.1. The Labute approximate surface area is 202 Å². The quantitative estimate of drug-likeness (QED) is 0.396. The predicted octanol–water partition coefficient (Wildman–Crippen LogP) is 3.43. The lowest BCUT2D eigenvalue weighted by Gasteiger charge is -2.21. The molecule has 180 valence electrons. The Morgan fingerprint density at radius 3 is 2.03 bits per heavy atom. The minimum atomic E-state index is -1.19. The third-order valence-corrected chi connectivity index (χ3v) is 6.06. The number of aromatic hydroxyl groups is 1. The summed E-state index contributed by atoms with van der Waals surface area (Å²) >= 11 is 0. The maximum absolute atomic E-state index is 12.8. The molecule has 0 spiro atoms. The summed E-state index contributed by atoms with van der Waals surface area (Å²) in [4.78, 5) is 36.7. The van der Waals surface area contributed by atoms with Crippen LogP contribution in [0, 0.1) is 0 Å². The number of phenols is 1. The Balaban J connectivity index is 1.46. The summed E-state index contributed by atoms with van der Waals surface area (Å²) in [6.45, 7) is 1.42. The molecule has 3 aromatic rings. The van der Waals surface area contributed by atoms with Crippen molar-refractivity contribution in [3.05, 3.63) is 89.5 Å². The number of carbonyl (C=O) groups is 3. The summed E-state index contributed by atoms with van der Waals surface area (Å²) < 4.78 is 5.54. The van der Waals surface area contributed by atoms with E-state index < -0.39 is 30.1 Å². The summed E-state index contributed by atoms with van der Waals surface area (Å²) in [5, 5.41) is 23.6. The van der Waals surface area contributed by atoms with Gasteiger partial charge in [0.2, 0.25) is 5.91 Å². The van der Waals surface area contributed by atoms with E-state index in [0.29, 0.717) is 5.56 Å². The Bertz CT molecular complexity index is 1190. The van der Waals surface area contributed by atoms with Crippen molar-refractivity contribution in [2.45, 2.75) is 31.3 Å². The van der Waals surface area contributed by atoms with E-state index in [0.717, 1.165) is 22.3 Å². The van der Waals surface area contributed by atoms with Gasteiger partial charge in [0, 0.05) is 12.3 Å². The van der Waals surface area contributed by atoms with Gasteiger partial charge in [-0.1, -0.05) is 60.7 Å². The molecule has 1 aliphatic rings. The van der Waals surface area contributed by atoms with Crippen molar-refractivity contribution in [1.82, 2.24) is 10.6 Å². The summed E-state index contributed by atoms with van der Waals surface area (Å²) in [5.74, 6) is -1.91. The standard InChI is InChI=1S/C27H26N2O6/c1-16(26(32)33)28-25(31)24(14-17-10-12-18(30)13-11-17)29-27(34)35-15-23-21-8-4-2-6-19(21)20-7-3-5-9-22(20)23/h2-13,16,23-24,30H,14-15H2,1H3,(H,28,31)(H,29,34)(H,32,33)/t16-,24+/m1/s1. The lowest BCUT2D eigenvalue weighted by atomic mass is 9.98. The summed E-state index contributed by atoms with van der Waals surface area (Å²) in [5.41, 5.74) is 5.00. The predicted molar refractivity (Wildman–Crippen MR) is 129 cm³/mol. The van der Waals surface area contributed by atoms with E-state index in [1.807, 2.05) is 48.5 Å². The van der Waals surface area contributed by atoms with Gasteiger partial charge in [0.25, 0.3) is 0 Å². The third-order valence-electron chi connectivity index (χ3n) is 6.06. The molecule has 4 rings (SSSR count). The average molecular weight is 475 g/mol. The van der Waals surface area contributed by atoms with Gasteiger partial charge in [-0.3, -0.25) is 9.59 Å². The molecule has 0 saturated heterocycles. The molecular formula is C27H26N2O6. The number of nitrogens with one attached hydrogen (secondary N) is 2. The second kappa shape index (κ2) is 10.3. The van der Waals surface area contributed by atoms with E-state index in [-0.39, 0.29) is 24.7 Å². The largest absolute Gasteiger partial charge is 0.508 e. The molecule has 4 N–H and O–H groups in total. The molecule has 0 saturated carbocycles. The Morgan fingerprint density at radius 1 is 0.886 bits per heavy atom. The Kier molecular flexibility index (Phi) is 7.01. The fraction of sp³-hybridized carbons (Fsp3) is 0.222. The highest BCUT2D eigenvalue weighted by Gasteiger charge is 2.30. The number of rotatable bonds is 8. The van der Waals surface area contributed by atoms with E-state index in [1.165, 1.54) is 19.1 Å². The molecule has 0 aromatic heterocycles. The zero-order chi connectivity index (χ0) is 24.9. The van der Waals surface area contributed by atoms with Crippen molar-refractivity contribution in [2.24, 2.45) is 0 Å². The van der Waals surface area contributed by atoms with Gasteiger partial charge in [-0.2, -0.15) is 0 Å². The molecule has 0 radical (unpaired) electrons. The van der Waals surface area contributed by atoms with Gasteiger partial charge in [-0.25, -0.2) is 4.79 Å². The zero-order valence-corrected chi connectivity index (χ0v) is 19.1. The van der Waals surface area contributed by atoms with E-state index in [4.69, 9.17) is 9.84 Å². The van der Waals surface area contributed by atoms with E-state index in [9.17, 15) is 19.5 Å². The van der Waals surface area contributed by atoms with Crippen molar-refractivity contribution in [3.63, 3.8) is 0 Å². The van der Waals surface area contributed by atoms with Crippen LogP contribution in [0.15, 0.2) is 72.8 Å². The number of hydrogen-bond donors (Lipinski definition) is 4. The number of aliphatic carboxylic acids is 1. The van der Waals surface area contributed by atoms with Crippen LogP contribution in [-0.2, 0) is 20.7 Å². The number of phenolic OH excluding ortho intramolecular Hbond substituents is 1. The van der Waals surface area contributed by atoms with Crippen LogP contribution in [0.5, 0.6) is 5.75 Å². The van der Waals surface area contributed by atoms with Gasteiger partial charge >= 0.3 is 12.1 Å². The van der Waals surface area contributed by atoms with Crippen LogP contribution < -0.4 is 10.6 Å². The molecule has 0 aliphatic heterocycles. The van der Waals surface area contributed by atoms with Gasteiger partial charge in [0.1, 0.15) is 24.4 Å². The van der Waals surface area contributed by atoms with Gasteiger partial charge in [-0.05, 0) is 46.9 Å². The van der Waals surface area contributed by atoms with Gasteiger partial charge in [0.05, 0.1) is 0 Å². The smallest absolute Gasteiger partial charge is 0.407 e. The normalized spacial score (nSPS) is 13.7. The number of fused-ring (bicyclic) bond motifs is 3. The molecule has 0 unspecified atom stereocenters. The highest BCUT2D eigenvalue weighted by atomic mass is 16.5. The first-order valence-corrected chi connectivity index (χ1v) is 11.3. The van der Waals surface area contributed by atoms with Crippen molar-refractivity contribution >= 4 is 18.0 Å². The van der Waals surface area contributed by atoms with Gasteiger partial charge in [-0.15, -0.1) is 0 Å². The second-order valence-corrected chi connectivity index (χ2v) is 8.46. The van der Waals surface area contributed by atoms with Crippen LogP contribution in [-0.4, -0.2) is 46.9 Å². The number of amides is 2. The van der Waals surface area contributed by atoms with Crippen LogP contribution in [0.4, 0.5) is 4.79 Å². The lowest BCUT2D eigenvalue weighted by molar-refractivity contribution is -0.141. The first kappa shape index (κ1) is 23.8. The van der Waals surface area contributed by atoms with Crippen molar-refractivity contribution in [2.75, 3.05) is 6.61 Å². The molecule has 8 nitrogen and oxygen atoms in total. The summed E-state index contributed by atoms with van der Waals surface area (Å²) in [7, 11) is 0.